The molecule has 24 heavy (non-hydrogen) atoms. The quantitative estimate of drug-likeness (QED) is 0.873. The lowest BCUT2D eigenvalue weighted by molar-refractivity contribution is 0.142. The molecular formula is C19H23NO3S. The third-order valence-corrected chi connectivity index (χ3v) is 7.35. The Labute approximate surface area is 143 Å². The molecule has 1 fully saturated rings. The first-order valence-electron chi connectivity index (χ1n) is 8.02. The van der Waals surface area contributed by atoms with Gasteiger partial charge in [0.05, 0.1) is 16.8 Å². The number of hydrogen-bond donors (Lipinski definition) is 1. The van der Waals surface area contributed by atoms with Crippen LogP contribution in [-0.2, 0) is 14.6 Å². The second-order valence-electron chi connectivity index (χ2n) is 6.54. The van der Waals surface area contributed by atoms with Crippen LogP contribution in [0.1, 0.15) is 17.0 Å². The Bertz CT molecular complexity index is 802. The Morgan fingerprint density at radius 2 is 1.71 bits per heavy atom. The number of hydrogen-bond acceptors (Lipinski definition) is 4. The highest BCUT2D eigenvalue weighted by Gasteiger charge is 2.70. The fraction of sp³-hybridized carbons (Fsp3) is 0.368. The van der Waals surface area contributed by atoms with Crippen molar-refractivity contribution in [3.8, 4) is 0 Å². The first kappa shape index (κ1) is 17.1. The van der Waals surface area contributed by atoms with Crippen molar-refractivity contribution in [2.24, 2.45) is 11.1 Å². The summed E-state index contributed by atoms with van der Waals surface area (Å²) in [6.07, 6.45) is 0. The van der Waals surface area contributed by atoms with Gasteiger partial charge in [0, 0.05) is 25.0 Å². The molecule has 0 aromatic heterocycles. The number of aryl methyl sites for hydroxylation is 1. The molecule has 0 unspecified atom stereocenters. The van der Waals surface area contributed by atoms with Crippen LogP contribution in [0.2, 0.25) is 0 Å². The lowest BCUT2D eigenvalue weighted by atomic mass is 9.99. The SMILES string of the molecule is COC[C@]1(CN)[C@H](c2ccc(C)cc2)[C@H]1S(=O)(=O)c1ccccc1. The second-order valence-corrected chi connectivity index (χ2v) is 8.61. The molecule has 3 rings (SSSR count). The van der Waals surface area contributed by atoms with Gasteiger partial charge in [-0.1, -0.05) is 48.0 Å². The fourth-order valence-electron chi connectivity index (χ4n) is 3.72. The predicted octanol–water partition coefficient (Wildman–Crippen LogP) is 2.53. The summed E-state index contributed by atoms with van der Waals surface area (Å²) in [4.78, 5) is 0.346. The molecule has 0 bridgehead atoms. The molecule has 128 valence electrons. The van der Waals surface area contributed by atoms with E-state index in [4.69, 9.17) is 10.5 Å². The Balaban J connectivity index is 2.05. The maximum absolute atomic E-state index is 13.2. The van der Waals surface area contributed by atoms with E-state index in [1.807, 2.05) is 37.3 Å². The standard InChI is InChI=1S/C19H23NO3S/c1-14-8-10-15(11-9-14)17-18(19(17,12-20)13-23-2)24(21,22)16-6-4-3-5-7-16/h3-11,17-18H,12-13,20H2,1-2H3/t17-,18-,19-/m1/s1. The highest BCUT2D eigenvalue weighted by molar-refractivity contribution is 7.92. The summed E-state index contributed by atoms with van der Waals surface area (Å²) in [7, 11) is -1.88. The molecule has 0 heterocycles. The Kier molecular flexibility index (Phi) is 4.51. The van der Waals surface area contributed by atoms with Gasteiger partial charge in [-0.25, -0.2) is 8.42 Å². The van der Waals surface area contributed by atoms with E-state index in [1.165, 1.54) is 0 Å². The van der Waals surface area contributed by atoms with E-state index in [-0.39, 0.29) is 12.5 Å². The Hall–Kier alpha value is -1.69. The highest BCUT2D eigenvalue weighted by atomic mass is 32.2. The van der Waals surface area contributed by atoms with Crippen molar-refractivity contribution in [3.63, 3.8) is 0 Å². The van der Waals surface area contributed by atoms with E-state index in [0.29, 0.717) is 11.5 Å². The van der Waals surface area contributed by atoms with Crippen LogP contribution in [0.5, 0.6) is 0 Å². The van der Waals surface area contributed by atoms with Crippen molar-refractivity contribution in [1.82, 2.24) is 0 Å². The Morgan fingerprint density at radius 1 is 1.08 bits per heavy atom. The molecule has 1 saturated carbocycles. The minimum Gasteiger partial charge on any atom is -0.384 e. The lowest BCUT2D eigenvalue weighted by Gasteiger charge is -2.15. The van der Waals surface area contributed by atoms with Crippen LogP contribution in [0.25, 0.3) is 0 Å². The van der Waals surface area contributed by atoms with Gasteiger partial charge in [-0.15, -0.1) is 0 Å². The van der Waals surface area contributed by atoms with Crippen molar-refractivity contribution in [3.05, 3.63) is 65.7 Å². The molecule has 1 aliphatic carbocycles. The van der Waals surface area contributed by atoms with Gasteiger partial charge in [0.2, 0.25) is 0 Å². The molecule has 0 amide bonds. The van der Waals surface area contributed by atoms with Crippen LogP contribution in [0.3, 0.4) is 0 Å². The van der Waals surface area contributed by atoms with Gasteiger partial charge < -0.3 is 10.5 Å². The number of methoxy groups -OCH3 is 1. The summed E-state index contributed by atoms with van der Waals surface area (Å²) >= 11 is 0. The summed E-state index contributed by atoms with van der Waals surface area (Å²) in [5.74, 6) is -0.145. The predicted molar refractivity (Wildman–Crippen MR) is 94.7 cm³/mol. The maximum Gasteiger partial charge on any atom is 0.182 e. The fourth-order valence-corrected chi connectivity index (χ4v) is 6.19. The van der Waals surface area contributed by atoms with Gasteiger partial charge >= 0.3 is 0 Å². The summed E-state index contributed by atoms with van der Waals surface area (Å²) in [5.41, 5.74) is 7.61. The molecule has 1 aliphatic rings. The van der Waals surface area contributed by atoms with Gasteiger partial charge in [-0.05, 0) is 24.6 Å². The van der Waals surface area contributed by atoms with Crippen molar-refractivity contribution in [2.45, 2.75) is 23.0 Å². The van der Waals surface area contributed by atoms with Crippen molar-refractivity contribution >= 4 is 9.84 Å². The van der Waals surface area contributed by atoms with Crippen LogP contribution in [0.15, 0.2) is 59.5 Å². The maximum atomic E-state index is 13.2. The molecule has 0 aliphatic heterocycles. The van der Waals surface area contributed by atoms with Gasteiger partial charge in [0.25, 0.3) is 0 Å². The molecule has 2 N–H and O–H groups in total. The van der Waals surface area contributed by atoms with E-state index >= 15 is 0 Å². The van der Waals surface area contributed by atoms with E-state index in [1.54, 1.807) is 31.4 Å². The average Bonchev–Trinajstić information content (AvgIpc) is 3.26. The van der Waals surface area contributed by atoms with Gasteiger partial charge in [0.15, 0.2) is 9.84 Å². The number of ether oxygens (including phenoxy) is 1. The lowest BCUT2D eigenvalue weighted by Crippen LogP contribution is -2.28. The van der Waals surface area contributed by atoms with Crippen LogP contribution in [0.4, 0.5) is 0 Å². The minimum absolute atomic E-state index is 0.145. The average molecular weight is 345 g/mol. The normalized spacial score (nSPS) is 26.3. The van der Waals surface area contributed by atoms with Crippen LogP contribution >= 0.6 is 0 Å². The molecule has 3 atom stereocenters. The van der Waals surface area contributed by atoms with Gasteiger partial charge in [-0.3, -0.25) is 0 Å². The zero-order chi connectivity index (χ0) is 17.4. The number of nitrogens with two attached hydrogens (primary N) is 1. The topological polar surface area (TPSA) is 69.4 Å². The largest absolute Gasteiger partial charge is 0.384 e. The van der Waals surface area contributed by atoms with Crippen LogP contribution in [-0.4, -0.2) is 33.9 Å². The molecule has 2 aromatic rings. The summed E-state index contributed by atoms with van der Waals surface area (Å²) in [6.45, 7) is 2.62. The number of benzene rings is 2. The van der Waals surface area contributed by atoms with E-state index < -0.39 is 20.5 Å². The molecular weight excluding hydrogens is 322 g/mol. The zero-order valence-electron chi connectivity index (χ0n) is 14.0. The number of sulfone groups is 1. The number of rotatable bonds is 6. The van der Waals surface area contributed by atoms with E-state index in [0.717, 1.165) is 11.1 Å². The highest BCUT2D eigenvalue weighted by Crippen LogP contribution is 2.63. The molecule has 4 nitrogen and oxygen atoms in total. The minimum atomic E-state index is -3.48. The summed E-state index contributed by atoms with van der Waals surface area (Å²) in [6, 6.07) is 16.6. The third kappa shape index (κ3) is 2.66. The van der Waals surface area contributed by atoms with E-state index in [9.17, 15) is 8.42 Å². The third-order valence-electron chi connectivity index (χ3n) is 5.02. The second kappa shape index (κ2) is 6.31. The first-order valence-corrected chi connectivity index (χ1v) is 9.56. The Morgan fingerprint density at radius 3 is 2.25 bits per heavy atom. The van der Waals surface area contributed by atoms with Crippen LogP contribution < -0.4 is 5.73 Å². The van der Waals surface area contributed by atoms with Crippen molar-refractivity contribution in [2.75, 3.05) is 20.3 Å². The van der Waals surface area contributed by atoms with E-state index in [2.05, 4.69) is 0 Å². The smallest absolute Gasteiger partial charge is 0.182 e. The molecule has 2 aromatic carbocycles. The molecule has 0 saturated heterocycles. The molecule has 0 radical (unpaired) electrons. The first-order chi connectivity index (χ1) is 11.5. The van der Waals surface area contributed by atoms with Gasteiger partial charge in [0.1, 0.15) is 0 Å². The summed E-state index contributed by atoms with van der Waals surface area (Å²) < 4.78 is 31.7. The monoisotopic (exact) mass is 345 g/mol. The summed E-state index contributed by atoms with van der Waals surface area (Å²) in [5, 5.41) is -0.556. The molecule has 5 heteroatoms. The zero-order valence-corrected chi connectivity index (χ0v) is 14.8. The van der Waals surface area contributed by atoms with Gasteiger partial charge in [-0.2, -0.15) is 0 Å². The van der Waals surface area contributed by atoms with Crippen molar-refractivity contribution in [1.29, 1.82) is 0 Å². The molecule has 0 spiro atoms. The van der Waals surface area contributed by atoms with Crippen LogP contribution in [0, 0.1) is 12.3 Å². The van der Waals surface area contributed by atoms with Crippen molar-refractivity contribution < 1.29 is 13.2 Å².